The van der Waals surface area contributed by atoms with Gasteiger partial charge in [-0.15, -0.1) is 29.1 Å². The van der Waals surface area contributed by atoms with Crippen LogP contribution in [0.1, 0.15) is 56.8 Å². The van der Waals surface area contributed by atoms with Crippen molar-refractivity contribution in [3.05, 3.63) is 121 Å². The molecule has 0 fully saturated rings. The average Bonchev–Trinajstić information content (AvgIpc) is 3.57. The Balaban J connectivity index is 0.00000401. The molecule has 3 heterocycles. The summed E-state index contributed by atoms with van der Waals surface area (Å²) in [6.45, 7) is 10.7. The van der Waals surface area contributed by atoms with Gasteiger partial charge in [-0.1, -0.05) is 76.7 Å². The van der Waals surface area contributed by atoms with Crippen LogP contribution in [0.2, 0.25) is 0 Å². The normalized spacial score (nSPS) is 13.4. The third kappa shape index (κ3) is 5.48. The minimum atomic E-state index is -2.33. The van der Waals surface area contributed by atoms with Crippen molar-refractivity contribution in [2.75, 3.05) is 0 Å². The van der Waals surface area contributed by atoms with E-state index in [4.69, 9.17) is 13.8 Å². The van der Waals surface area contributed by atoms with E-state index in [0.29, 0.717) is 22.7 Å². The van der Waals surface area contributed by atoms with E-state index in [9.17, 15) is 0 Å². The number of benzene rings is 4. The first-order valence-electron chi connectivity index (χ1n) is 16.4. The number of imidazole rings is 1. The summed E-state index contributed by atoms with van der Waals surface area (Å²) >= 11 is 0. The Bertz CT molecular complexity index is 2310. The molecule has 0 saturated carbocycles. The van der Waals surface area contributed by atoms with Gasteiger partial charge in [-0.25, -0.2) is 14.1 Å². The molecule has 3 aromatic heterocycles. The molecule has 6 heteroatoms. The van der Waals surface area contributed by atoms with Crippen LogP contribution in [0.15, 0.2) is 97.5 Å². The van der Waals surface area contributed by atoms with E-state index in [0.717, 1.165) is 38.7 Å². The van der Waals surface area contributed by atoms with Crippen LogP contribution >= 0.6 is 0 Å². The summed E-state index contributed by atoms with van der Waals surface area (Å²) in [5, 5.41) is 2.16. The fraction of sp³-hybridized carbons (Fsp3) is 0.231. The summed E-state index contributed by atoms with van der Waals surface area (Å²) in [6, 6.07) is 35.1. The molecule has 0 atom stereocenters. The van der Waals surface area contributed by atoms with Gasteiger partial charge >= 0.3 is 0 Å². The molecular formula is C39H37N4OPt-. The Morgan fingerprint density at radius 3 is 2.24 bits per heavy atom. The number of ether oxygens (including phenoxy) is 1. The molecule has 0 spiro atoms. The number of hydrogen-bond donors (Lipinski definition) is 0. The zero-order valence-corrected chi connectivity index (χ0v) is 28.5. The number of aromatic nitrogens is 4. The number of para-hydroxylation sites is 3. The average molecular weight is 776 g/mol. The van der Waals surface area contributed by atoms with Crippen molar-refractivity contribution in [1.29, 1.82) is 0 Å². The zero-order chi connectivity index (χ0) is 33.3. The zero-order valence-electron chi connectivity index (χ0n) is 29.3. The summed E-state index contributed by atoms with van der Waals surface area (Å²) < 4.78 is 36.3. The molecule has 0 N–H and O–H groups in total. The van der Waals surface area contributed by atoms with Gasteiger partial charge in [0, 0.05) is 73.2 Å². The van der Waals surface area contributed by atoms with Gasteiger partial charge in [-0.3, -0.25) is 0 Å². The number of aryl methyl sites for hydroxylation is 1. The summed E-state index contributed by atoms with van der Waals surface area (Å²) in [4.78, 5) is 4.80. The molecule has 4 aromatic carbocycles. The van der Waals surface area contributed by atoms with E-state index >= 15 is 0 Å². The van der Waals surface area contributed by atoms with Gasteiger partial charge in [-0.05, 0) is 46.7 Å². The molecule has 0 aliphatic rings. The minimum absolute atomic E-state index is 0. The van der Waals surface area contributed by atoms with E-state index in [2.05, 4.69) is 88.6 Å². The van der Waals surface area contributed by atoms with Crippen molar-refractivity contribution in [3.8, 4) is 23.0 Å². The van der Waals surface area contributed by atoms with Crippen LogP contribution in [-0.2, 0) is 38.9 Å². The molecule has 0 aliphatic carbocycles. The molecular weight excluding hydrogens is 736 g/mol. The Morgan fingerprint density at radius 2 is 1.51 bits per heavy atom. The molecule has 7 rings (SSSR count). The Morgan fingerprint density at radius 1 is 0.778 bits per heavy atom. The van der Waals surface area contributed by atoms with Gasteiger partial charge in [-0.2, -0.15) is 12.1 Å². The first kappa shape index (κ1) is 27.1. The molecule has 0 bridgehead atoms. The van der Waals surface area contributed by atoms with Crippen molar-refractivity contribution in [2.24, 2.45) is 6.98 Å². The largest absolute Gasteiger partial charge is 0.508 e. The summed E-state index contributed by atoms with van der Waals surface area (Å²) in [6.07, 6.45) is 3.48. The second-order valence-corrected chi connectivity index (χ2v) is 13.4. The van der Waals surface area contributed by atoms with Crippen LogP contribution in [0, 0.1) is 12.1 Å². The van der Waals surface area contributed by atoms with Gasteiger partial charge in [0.1, 0.15) is 5.82 Å². The van der Waals surface area contributed by atoms with Crippen LogP contribution in [0.5, 0.6) is 11.5 Å². The van der Waals surface area contributed by atoms with Crippen LogP contribution in [0.3, 0.4) is 0 Å². The van der Waals surface area contributed by atoms with E-state index < -0.39 is 6.98 Å². The summed E-state index contributed by atoms with van der Waals surface area (Å²) in [5.41, 5.74) is 5.83. The standard InChI is InChI=1S/C39H37N4O.Pt/c1-38(2,3)26-20-21-40-37(22-26)43-32-13-9-8-12-29(32)30-18-17-28(24-35(30)43)44-36-23-27(16-19-31(36)39(4,5)6)42-25-41(7)33-14-10-11-15-34(33)42;/h8-22,25H,1-7H3;/q-1;/i7D3;. The topological polar surface area (TPSA) is 36.9 Å². The van der Waals surface area contributed by atoms with Gasteiger partial charge in [0.2, 0.25) is 0 Å². The quantitative estimate of drug-likeness (QED) is 0.167. The number of fused-ring (bicyclic) bond motifs is 4. The van der Waals surface area contributed by atoms with Gasteiger partial charge in [0.05, 0.1) is 0 Å². The SMILES string of the molecule is [2H]C([2H])([2H])n1[cH+]n(-c2[c-]c(Oc3[c-]c4c(cc3)c3ccccc3n4-c3cc(C(C)(C)C)ccn3)c(C(C)(C)C)cc2)c2ccccc21.[Pt]. The second kappa shape index (κ2) is 11.3. The third-order valence-corrected chi connectivity index (χ3v) is 8.20. The third-order valence-electron chi connectivity index (χ3n) is 8.20. The molecule has 0 radical (unpaired) electrons. The van der Waals surface area contributed by atoms with Gasteiger partial charge < -0.3 is 9.30 Å². The van der Waals surface area contributed by atoms with Crippen LogP contribution in [0.25, 0.3) is 44.3 Å². The van der Waals surface area contributed by atoms with Crippen molar-refractivity contribution < 1.29 is 29.9 Å². The minimum Gasteiger partial charge on any atom is -0.508 e. The molecule has 230 valence electrons. The second-order valence-electron chi connectivity index (χ2n) is 13.4. The monoisotopic (exact) mass is 775 g/mol. The smallest absolute Gasteiger partial charge is 0.188 e. The van der Waals surface area contributed by atoms with Crippen molar-refractivity contribution in [1.82, 2.24) is 18.7 Å². The van der Waals surface area contributed by atoms with Gasteiger partial charge in [0.25, 0.3) is 0 Å². The first-order valence-corrected chi connectivity index (χ1v) is 14.9. The first-order chi connectivity index (χ1) is 22.2. The van der Waals surface area contributed by atoms with Crippen LogP contribution in [-0.4, -0.2) is 18.7 Å². The molecule has 0 unspecified atom stereocenters. The fourth-order valence-electron chi connectivity index (χ4n) is 5.87. The number of nitrogens with zero attached hydrogens (tertiary/aromatic N) is 4. The maximum atomic E-state index is 8.10. The molecule has 5 nitrogen and oxygen atoms in total. The van der Waals surface area contributed by atoms with Crippen LogP contribution < -0.4 is 4.74 Å². The van der Waals surface area contributed by atoms with E-state index in [-0.39, 0.29) is 31.9 Å². The Labute approximate surface area is 283 Å². The van der Waals surface area contributed by atoms with Crippen LogP contribution in [0.4, 0.5) is 0 Å². The Hall–Kier alpha value is -4.21. The predicted molar refractivity (Wildman–Crippen MR) is 180 cm³/mol. The fourth-order valence-corrected chi connectivity index (χ4v) is 5.87. The van der Waals surface area contributed by atoms with E-state index in [1.807, 2.05) is 65.4 Å². The Kier molecular flexibility index (Phi) is 6.81. The maximum Gasteiger partial charge on any atom is 0.188 e. The molecule has 45 heavy (non-hydrogen) atoms. The number of rotatable bonds is 4. The van der Waals surface area contributed by atoms with E-state index in [1.54, 1.807) is 6.33 Å². The molecule has 7 aromatic rings. The summed E-state index contributed by atoms with van der Waals surface area (Å²) in [7, 11) is 0. The molecule has 0 amide bonds. The maximum absolute atomic E-state index is 8.10. The molecule has 0 saturated heterocycles. The van der Waals surface area contributed by atoms with E-state index in [1.165, 1.54) is 10.1 Å². The summed E-state index contributed by atoms with van der Waals surface area (Å²) in [5.74, 6) is 1.92. The number of hydrogen-bond acceptors (Lipinski definition) is 2. The van der Waals surface area contributed by atoms with Crippen molar-refractivity contribution >= 4 is 32.8 Å². The van der Waals surface area contributed by atoms with Crippen molar-refractivity contribution in [2.45, 2.75) is 52.4 Å². The predicted octanol–water partition coefficient (Wildman–Crippen LogP) is 9.73. The van der Waals surface area contributed by atoms with Crippen molar-refractivity contribution in [3.63, 3.8) is 0 Å². The van der Waals surface area contributed by atoms with Gasteiger partial charge in [0.15, 0.2) is 17.4 Å². The number of pyridine rings is 1. The molecule has 0 aliphatic heterocycles.